The maximum atomic E-state index is 13.1. The molecule has 0 spiro atoms. The third-order valence-electron chi connectivity index (χ3n) is 3.61. The highest BCUT2D eigenvalue weighted by Gasteiger charge is 2.50. The molecule has 29 heavy (non-hydrogen) atoms. The number of alkyl halides is 3. The molecule has 0 saturated heterocycles. The normalized spacial score (nSPS) is 12.3. The Bertz CT molecular complexity index is 937. The van der Waals surface area contributed by atoms with Crippen molar-refractivity contribution in [1.29, 1.82) is 0 Å². The second-order valence-corrected chi connectivity index (χ2v) is 8.87. The van der Waals surface area contributed by atoms with Gasteiger partial charge < -0.3 is 9.47 Å². The molecule has 0 atom stereocenters. The van der Waals surface area contributed by atoms with Gasteiger partial charge in [0.2, 0.25) is 0 Å². The Hall–Kier alpha value is -2.75. The summed E-state index contributed by atoms with van der Waals surface area (Å²) in [5.74, 6) is -0.0565. The molecule has 0 aliphatic heterocycles. The van der Waals surface area contributed by atoms with Crippen molar-refractivity contribution in [2.45, 2.75) is 26.3 Å². The van der Waals surface area contributed by atoms with Crippen LogP contribution in [0.3, 0.4) is 0 Å². The zero-order valence-corrected chi connectivity index (χ0v) is 16.8. The van der Waals surface area contributed by atoms with Gasteiger partial charge in [0.15, 0.2) is 6.73 Å². The van der Waals surface area contributed by atoms with Crippen LogP contribution in [-0.4, -0.2) is 26.6 Å². The largest absolute Gasteiger partial charge is 0.516 e. The standard InChI is InChI=1S/C19H20F3NO5S/c1-18(2,3)17(24)27-13-23(29(25,26)19(20,21)22)14-9-11-16(12-10-14)28-15-7-5-4-6-8-15/h4-12H,13H2,1-3H3. The number of carbonyl (C=O) groups is 1. The van der Waals surface area contributed by atoms with Crippen LogP contribution in [0.5, 0.6) is 11.5 Å². The SMILES string of the molecule is CC(C)(C)C(=O)OCN(c1ccc(Oc2ccccc2)cc1)S(=O)(=O)C(F)(F)F. The van der Waals surface area contributed by atoms with Gasteiger partial charge in [-0.2, -0.15) is 21.6 Å². The first-order valence-corrected chi connectivity index (χ1v) is 9.85. The van der Waals surface area contributed by atoms with Gasteiger partial charge in [0.1, 0.15) is 11.5 Å². The Morgan fingerprint density at radius 1 is 0.931 bits per heavy atom. The van der Waals surface area contributed by atoms with Crippen molar-refractivity contribution in [1.82, 2.24) is 0 Å². The number of carbonyl (C=O) groups excluding carboxylic acids is 1. The van der Waals surface area contributed by atoms with Gasteiger partial charge in [-0.1, -0.05) is 18.2 Å². The van der Waals surface area contributed by atoms with E-state index in [-0.39, 0.29) is 15.7 Å². The number of halogens is 3. The smallest absolute Gasteiger partial charge is 0.457 e. The van der Waals surface area contributed by atoms with E-state index in [0.717, 1.165) is 12.1 Å². The highest BCUT2D eigenvalue weighted by molar-refractivity contribution is 7.93. The minimum Gasteiger partial charge on any atom is -0.457 e. The van der Waals surface area contributed by atoms with E-state index in [9.17, 15) is 26.4 Å². The summed E-state index contributed by atoms with van der Waals surface area (Å²) < 4.78 is 73.6. The summed E-state index contributed by atoms with van der Waals surface area (Å²) in [7, 11) is -5.79. The van der Waals surface area contributed by atoms with E-state index in [1.54, 1.807) is 30.3 Å². The number of hydrogen-bond donors (Lipinski definition) is 0. The second kappa shape index (κ2) is 8.32. The molecule has 0 radical (unpaired) electrons. The third-order valence-corrected chi connectivity index (χ3v) is 5.09. The number of nitrogens with zero attached hydrogens (tertiary/aromatic N) is 1. The number of anilines is 1. The fourth-order valence-electron chi connectivity index (χ4n) is 2.05. The zero-order valence-electron chi connectivity index (χ0n) is 15.9. The highest BCUT2D eigenvalue weighted by atomic mass is 32.2. The Morgan fingerprint density at radius 2 is 1.45 bits per heavy atom. The first kappa shape index (κ1) is 22.5. The van der Waals surface area contributed by atoms with Crippen molar-refractivity contribution in [3.05, 3.63) is 54.6 Å². The van der Waals surface area contributed by atoms with Crippen LogP contribution in [0.15, 0.2) is 54.6 Å². The van der Waals surface area contributed by atoms with Crippen molar-refractivity contribution < 1.29 is 35.9 Å². The quantitative estimate of drug-likeness (QED) is 0.490. The minimum absolute atomic E-state index is 0.0110. The Labute approximate surface area is 166 Å². The lowest BCUT2D eigenvalue weighted by molar-refractivity contribution is -0.152. The van der Waals surface area contributed by atoms with E-state index in [0.29, 0.717) is 5.75 Å². The average Bonchev–Trinajstić information content (AvgIpc) is 2.62. The molecule has 0 saturated carbocycles. The molecule has 0 aromatic heterocycles. The van der Waals surface area contributed by atoms with Gasteiger partial charge in [0.05, 0.1) is 11.1 Å². The van der Waals surface area contributed by atoms with E-state index in [2.05, 4.69) is 0 Å². The molecular weight excluding hydrogens is 411 g/mol. The fourth-order valence-corrected chi connectivity index (χ4v) is 2.89. The molecule has 6 nitrogen and oxygen atoms in total. The number of esters is 1. The molecule has 0 aliphatic rings. The molecule has 10 heteroatoms. The fraction of sp³-hybridized carbons (Fsp3) is 0.316. The summed E-state index contributed by atoms with van der Waals surface area (Å²) in [5, 5.41) is 0. The lowest BCUT2D eigenvalue weighted by atomic mass is 9.98. The van der Waals surface area contributed by atoms with E-state index in [1.165, 1.54) is 32.9 Å². The number of hydrogen-bond acceptors (Lipinski definition) is 5. The second-order valence-electron chi connectivity index (χ2n) is 7.02. The molecule has 158 valence electrons. The van der Waals surface area contributed by atoms with Crippen molar-refractivity contribution in [3.63, 3.8) is 0 Å². The summed E-state index contributed by atoms with van der Waals surface area (Å²) >= 11 is 0. The van der Waals surface area contributed by atoms with Crippen LogP contribution in [0.25, 0.3) is 0 Å². The van der Waals surface area contributed by atoms with Gasteiger partial charge in [-0.3, -0.25) is 4.79 Å². The van der Waals surface area contributed by atoms with Gasteiger partial charge in [-0.15, -0.1) is 0 Å². The predicted octanol–water partition coefficient (Wildman–Crippen LogP) is 4.68. The van der Waals surface area contributed by atoms with Crippen molar-refractivity contribution in [3.8, 4) is 11.5 Å². The molecule has 2 aromatic carbocycles. The lowest BCUT2D eigenvalue weighted by Gasteiger charge is -2.26. The molecule has 0 amide bonds. The van der Waals surface area contributed by atoms with Crippen LogP contribution in [0.4, 0.5) is 18.9 Å². The number of benzene rings is 2. The number of para-hydroxylation sites is 1. The number of sulfonamides is 1. The van der Waals surface area contributed by atoms with Crippen molar-refractivity contribution in [2.75, 3.05) is 11.0 Å². The van der Waals surface area contributed by atoms with E-state index in [1.807, 2.05) is 0 Å². The molecule has 0 aliphatic carbocycles. The zero-order chi connectivity index (χ0) is 21.9. The molecular formula is C19H20F3NO5S. The molecule has 0 fully saturated rings. The first-order valence-electron chi connectivity index (χ1n) is 8.41. The van der Waals surface area contributed by atoms with Crippen molar-refractivity contribution in [2.24, 2.45) is 5.41 Å². The lowest BCUT2D eigenvalue weighted by Crippen LogP contribution is -2.43. The van der Waals surface area contributed by atoms with Crippen molar-refractivity contribution >= 4 is 21.7 Å². The highest BCUT2D eigenvalue weighted by Crippen LogP contribution is 2.32. The molecule has 2 aromatic rings. The summed E-state index contributed by atoms with van der Waals surface area (Å²) in [6.45, 7) is 3.37. The maximum absolute atomic E-state index is 13.1. The first-order chi connectivity index (χ1) is 13.3. The summed E-state index contributed by atoms with van der Waals surface area (Å²) in [6, 6.07) is 13.5. The van der Waals surface area contributed by atoms with E-state index in [4.69, 9.17) is 9.47 Å². The predicted molar refractivity (Wildman–Crippen MR) is 101 cm³/mol. The topological polar surface area (TPSA) is 72.9 Å². The Balaban J connectivity index is 2.29. The molecule has 0 unspecified atom stereocenters. The molecule has 0 heterocycles. The average molecular weight is 431 g/mol. The summed E-state index contributed by atoms with van der Waals surface area (Å²) in [5.41, 5.74) is -6.91. The Kier molecular flexibility index (Phi) is 6.46. The summed E-state index contributed by atoms with van der Waals surface area (Å²) in [6.07, 6.45) is 0. The van der Waals surface area contributed by atoms with E-state index >= 15 is 0 Å². The monoisotopic (exact) mass is 431 g/mol. The minimum atomic E-state index is -5.79. The third kappa shape index (κ3) is 5.63. The van der Waals surface area contributed by atoms with Gasteiger partial charge >= 0.3 is 21.5 Å². The van der Waals surface area contributed by atoms with Crippen LogP contribution in [0, 0.1) is 5.41 Å². The van der Waals surface area contributed by atoms with Gasteiger partial charge in [-0.05, 0) is 57.2 Å². The van der Waals surface area contributed by atoms with Crippen LogP contribution in [0.2, 0.25) is 0 Å². The number of rotatable bonds is 6. The maximum Gasteiger partial charge on any atom is 0.516 e. The van der Waals surface area contributed by atoms with Crippen LogP contribution < -0.4 is 9.04 Å². The van der Waals surface area contributed by atoms with Crippen LogP contribution in [-0.2, 0) is 19.6 Å². The molecule has 0 N–H and O–H groups in total. The summed E-state index contributed by atoms with van der Waals surface area (Å²) in [4.78, 5) is 11.9. The van der Waals surface area contributed by atoms with E-state index < -0.39 is 33.6 Å². The molecule has 0 bridgehead atoms. The van der Waals surface area contributed by atoms with Gasteiger partial charge in [0, 0.05) is 0 Å². The van der Waals surface area contributed by atoms with Crippen LogP contribution in [0.1, 0.15) is 20.8 Å². The van der Waals surface area contributed by atoms with Gasteiger partial charge in [0.25, 0.3) is 0 Å². The van der Waals surface area contributed by atoms with Gasteiger partial charge in [-0.25, -0.2) is 4.31 Å². The number of ether oxygens (including phenoxy) is 2. The molecule has 2 rings (SSSR count). The Morgan fingerprint density at radius 3 is 1.93 bits per heavy atom. The van der Waals surface area contributed by atoms with Crippen LogP contribution >= 0.6 is 0 Å².